The van der Waals surface area contributed by atoms with Crippen LogP contribution in [0.3, 0.4) is 0 Å². The minimum atomic E-state index is -0.241. The Labute approximate surface area is 99.9 Å². The van der Waals surface area contributed by atoms with Gasteiger partial charge in [0.1, 0.15) is 0 Å². The van der Waals surface area contributed by atoms with Gasteiger partial charge in [0.05, 0.1) is 0 Å². The molecular weight excluding hydrogens is 220 g/mol. The maximum atomic E-state index is 11.6. The summed E-state index contributed by atoms with van der Waals surface area (Å²) >= 11 is 0. The standard InChI is InChI=1S/C11H18N4O2/c1-7(12)3-2-4-9-14-10(15-17-9)11(16)13-8-5-6-8/h7-8H,2-6,12H2,1H3,(H,13,16). The van der Waals surface area contributed by atoms with Gasteiger partial charge in [-0.15, -0.1) is 0 Å². The van der Waals surface area contributed by atoms with Crippen molar-refractivity contribution in [1.82, 2.24) is 15.5 Å². The minimum Gasteiger partial charge on any atom is -0.346 e. The smallest absolute Gasteiger partial charge is 0.292 e. The Kier molecular flexibility index (Phi) is 3.73. The van der Waals surface area contributed by atoms with Gasteiger partial charge >= 0.3 is 0 Å². The van der Waals surface area contributed by atoms with Gasteiger partial charge in [-0.1, -0.05) is 5.16 Å². The Morgan fingerprint density at radius 1 is 1.65 bits per heavy atom. The maximum absolute atomic E-state index is 11.6. The van der Waals surface area contributed by atoms with Crippen LogP contribution in [0, 0.1) is 0 Å². The van der Waals surface area contributed by atoms with Gasteiger partial charge in [-0.25, -0.2) is 0 Å². The summed E-state index contributed by atoms with van der Waals surface area (Å²) in [4.78, 5) is 15.6. The van der Waals surface area contributed by atoms with Crippen LogP contribution in [0.5, 0.6) is 0 Å². The lowest BCUT2D eigenvalue weighted by Gasteiger charge is -2.00. The van der Waals surface area contributed by atoms with Crippen molar-refractivity contribution in [3.05, 3.63) is 11.7 Å². The molecule has 0 saturated heterocycles. The van der Waals surface area contributed by atoms with E-state index in [1.54, 1.807) is 0 Å². The first kappa shape index (κ1) is 12.0. The van der Waals surface area contributed by atoms with Crippen LogP contribution in [-0.4, -0.2) is 28.1 Å². The molecular formula is C11H18N4O2. The van der Waals surface area contributed by atoms with Crippen molar-refractivity contribution in [2.45, 2.75) is 51.1 Å². The Hall–Kier alpha value is -1.43. The summed E-state index contributed by atoms with van der Waals surface area (Å²) in [5.74, 6) is 0.397. The van der Waals surface area contributed by atoms with Gasteiger partial charge in [0.15, 0.2) is 0 Å². The highest BCUT2D eigenvalue weighted by Crippen LogP contribution is 2.18. The van der Waals surface area contributed by atoms with Gasteiger partial charge < -0.3 is 15.6 Å². The van der Waals surface area contributed by atoms with E-state index in [0.717, 1.165) is 25.7 Å². The number of amides is 1. The van der Waals surface area contributed by atoms with E-state index in [0.29, 0.717) is 18.4 Å². The first-order valence-corrected chi connectivity index (χ1v) is 6.04. The number of carbonyl (C=O) groups is 1. The molecule has 1 aliphatic carbocycles. The second kappa shape index (κ2) is 5.27. The molecule has 1 aliphatic rings. The number of nitrogens with one attached hydrogen (secondary N) is 1. The second-order valence-corrected chi connectivity index (χ2v) is 4.63. The number of hydrogen-bond donors (Lipinski definition) is 2. The summed E-state index contributed by atoms with van der Waals surface area (Å²) in [6, 6.07) is 0.484. The molecule has 17 heavy (non-hydrogen) atoms. The van der Waals surface area contributed by atoms with Crippen LogP contribution in [0.25, 0.3) is 0 Å². The molecule has 1 unspecified atom stereocenters. The molecule has 1 fully saturated rings. The van der Waals surface area contributed by atoms with E-state index in [4.69, 9.17) is 10.3 Å². The third-order valence-electron chi connectivity index (χ3n) is 2.63. The van der Waals surface area contributed by atoms with Crippen molar-refractivity contribution in [2.75, 3.05) is 0 Å². The van der Waals surface area contributed by atoms with Gasteiger partial charge in [0.25, 0.3) is 11.7 Å². The molecule has 2 rings (SSSR count). The van der Waals surface area contributed by atoms with Crippen LogP contribution < -0.4 is 11.1 Å². The lowest BCUT2D eigenvalue weighted by molar-refractivity contribution is 0.0937. The normalized spacial score (nSPS) is 16.8. The molecule has 0 radical (unpaired) electrons. The maximum Gasteiger partial charge on any atom is 0.292 e. The van der Waals surface area contributed by atoms with Crippen molar-refractivity contribution in [3.8, 4) is 0 Å². The monoisotopic (exact) mass is 238 g/mol. The van der Waals surface area contributed by atoms with Gasteiger partial charge in [0.2, 0.25) is 5.89 Å². The molecule has 1 saturated carbocycles. The Bertz CT molecular complexity index is 385. The third kappa shape index (κ3) is 3.81. The van der Waals surface area contributed by atoms with Crippen LogP contribution in [0.1, 0.15) is 49.1 Å². The predicted molar refractivity (Wildman–Crippen MR) is 61.4 cm³/mol. The van der Waals surface area contributed by atoms with Crippen LogP contribution in [-0.2, 0) is 6.42 Å². The third-order valence-corrected chi connectivity index (χ3v) is 2.63. The summed E-state index contributed by atoms with van der Waals surface area (Å²) in [5, 5.41) is 6.48. The topological polar surface area (TPSA) is 94.0 Å². The molecule has 0 aliphatic heterocycles. The van der Waals surface area contributed by atoms with Crippen molar-refractivity contribution >= 4 is 5.91 Å². The summed E-state index contributed by atoms with van der Waals surface area (Å²) in [5.41, 5.74) is 5.64. The average Bonchev–Trinajstić information content (AvgIpc) is 2.94. The quantitative estimate of drug-likeness (QED) is 0.758. The van der Waals surface area contributed by atoms with Crippen molar-refractivity contribution in [3.63, 3.8) is 0 Å². The highest BCUT2D eigenvalue weighted by atomic mass is 16.5. The van der Waals surface area contributed by atoms with E-state index < -0.39 is 0 Å². The fraction of sp³-hybridized carbons (Fsp3) is 0.727. The molecule has 6 nitrogen and oxygen atoms in total. The molecule has 0 bridgehead atoms. The van der Waals surface area contributed by atoms with Gasteiger partial charge in [-0.05, 0) is 32.6 Å². The Balaban J connectivity index is 1.80. The van der Waals surface area contributed by atoms with Gasteiger partial charge in [0, 0.05) is 18.5 Å². The van der Waals surface area contributed by atoms with Crippen LogP contribution in [0.15, 0.2) is 4.52 Å². The highest BCUT2D eigenvalue weighted by molar-refractivity contribution is 5.90. The first-order valence-electron chi connectivity index (χ1n) is 6.04. The first-order chi connectivity index (χ1) is 8.15. The predicted octanol–water partition coefficient (Wildman–Crippen LogP) is 0.632. The van der Waals surface area contributed by atoms with Crippen LogP contribution in [0.2, 0.25) is 0 Å². The molecule has 94 valence electrons. The molecule has 1 aromatic heterocycles. The van der Waals surface area contributed by atoms with Gasteiger partial charge in [-0.2, -0.15) is 4.98 Å². The van der Waals surface area contributed by atoms with Crippen LogP contribution >= 0.6 is 0 Å². The number of rotatable bonds is 6. The lowest BCUT2D eigenvalue weighted by Crippen LogP contribution is -2.26. The highest BCUT2D eigenvalue weighted by Gasteiger charge is 2.25. The van der Waals surface area contributed by atoms with Crippen molar-refractivity contribution in [1.29, 1.82) is 0 Å². The number of hydrogen-bond acceptors (Lipinski definition) is 5. The summed E-state index contributed by atoms with van der Waals surface area (Å²) in [6.07, 6.45) is 4.57. The van der Waals surface area contributed by atoms with Crippen molar-refractivity contribution < 1.29 is 9.32 Å². The van der Waals surface area contributed by atoms with E-state index >= 15 is 0 Å². The molecule has 0 spiro atoms. The molecule has 3 N–H and O–H groups in total. The summed E-state index contributed by atoms with van der Waals surface area (Å²) < 4.78 is 5.01. The number of aromatic nitrogens is 2. The number of aryl methyl sites for hydroxylation is 1. The molecule has 1 atom stereocenters. The largest absolute Gasteiger partial charge is 0.346 e. The zero-order valence-corrected chi connectivity index (χ0v) is 9.98. The zero-order chi connectivity index (χ0) is 12.3. The number of nitrogens with zero attached hydrogens (tertiary/aromatic N) is 2. The van der Waals surface area contributed by atoms with E-state index in [-0.39, 0.29) is 17.8 Å². The zero-order valence-electron chi connectivity index (χ0n) is 9.98. The minimum absolute atomic E-state index is 0.132. The fourth-order valence-corrected chi connectivity index (χ4v) is 1.50. The molecule has 6 heteroatoms. The molecule has 1 amide bonds. The second-order valence-electron chi connectivity index (χ2n) is 4.63. The van der Waals surface area contributed by atoms with E-state index in [9.17, 15) is 4.79 Å². The Morgan fingerprint density at radius 2 is 2.41 bits per heavy atom. The van der Waals surface area contributed by atoms with E-state index in [1.165, 1.54) is 0 Å². The van der Waals surface area contributed by atoms with E-state index in [2.05, 4.69) is 15.5 Å². The number of carbonyl (C=O) groups excluding carboxylic acids is 1. The number of nitrogens with two attached hydrogens (primary N) is 1. The molecule has 0 aromatic carbocycles. The SMILES string of the molecule is CC(N)CCCc1nc(C(=O)NC2CC2)no1. The lowest BCUT2D eigenvalue weighted by atomic mass is 10.1. The average molecular weight is 238 g/mol. The molecule has 1 heterocycles. The van der Waals surface area contributed by atoms with Crippen molar-refractivity contribution in [2.24, 2.45) is 5.73 Å². The van der Waals surface area contributed by atoms with E-state index in [1.807, 2.05) is 6.92 Å². The van der Waals surface area contributed by atoms with Gasteiger partial charge in [-0.3, -0.25) is 4.79 Å². The summed E-state index contributed by atoms with van der Waals surface area (Å²) in [6.45, 7) is 1.96. The summed E-state index contributed by atoms with van der Waals surface area (Å²) in [7, 11) is 0. The van der Waals surface area contributed by atoms with Crippen LogP contribution in [0.4, 0.5) is 0 Å². The molecule has 1 aromatic rings. The Morgan fingerprint density at radius 3 is 3.06 bits per heavy atom. The fourth-order valence-electron chi connectivity index (χ4n) is 1.50.